The number of rotatable bonds is 3. The lowest BCUT2D eigenvalue weighted by Gasteiger charge is -2.24. The number of aromatic nitrogens is 2. The summed E-state index contributed by atoms with van der Waals surface area (Å²) in [5, 5.41) is 3.99. The van der Waals surface area contributed by atoms with Crippen LogP contribution in [0.1, 0.15) is 17.5 Å². The molecule has 2 N–H and O–H groups in total. The standard InChI is InChI=1S/C13H16N4O2/c14-11(10-4-2-1-3-5-10)12-15-13(16-19-12)17-6-8-18-9-7-17/h1-5,11H,6-9,14H2/t11-/m1/s1. The predicted octanol–water partition coefficient (Wildman–Crippen LogP) is 0.954. The van der Waals surface area contributed by atoms with Crippen molar-refractivity contribution in [3.05, 3.63) is 41.8 Å². The molecule has 0 spiro atoms. The van der Waals surface area contributed by atoms with E-state index in [4.69, 9.17) is 15.0 Å². The van der Waals surface area contributed by atoms with Gasteiger partial charge in [-0.05, 0) is 10.7 Å². The Hall–Kier alpha value is -1.92. The molecule has 0 unspecified atom stereocenters. The van der Waals surface area contributed by atoms with Crippen molar-refractivity contribution in [2.75, 3.05) is 31.2 Å². The summed E-state index contributed by atoms with van der Waals surface area (Å²) < 4.78 is 10.6. The van der Waals surface area contributed by atoms with Crippen LogP contribution in [0.4, 0.5) is 5.95 Å². The molecule has 6 nitrogen and oxygen atoms in total. The van der Waals surface area contributed by atoms with Crippen LogP contribution in [0.15, 0.2) is 34.9 Å². The molecule has 0 saturated carbocycles. The Bertz CT molecular complexity index is 522. The van der Waals surface area contributed by atoms with Gasteiger partial charge in [0.05, 0.1) is 13.2 Å². The van der Waals surface area contributed by atoms with Crippen LogP contribution in [0.5, 0.6) is 0 Å². The molecule has 1 aromatic heterocycles. The third kappa shape index (κ3) is 2.59. The van der Waals surface area contributed by atoms with E-state index >= 15 is 0 Å². The van der Waals surface area contributed by atoms with Crippen LogP contribution < -0.4 is 10.6 Å². The van der Waals surface area contributed by atoms with Gasteiger partial charge < -0.3 is 19.9 Å². The minimum atomic E-state index is -0.386. The van der Waals surface area contributed by atoms with E-state index in [1.54, 1.807) is 0 Å². The van der Waals surface area contributed by atoms with Crippen LogP contribution >= 0.6 is 0 Å². The molecule has 0 aliphatic carbocycles. The Morgan fingerprint density at radius 2 is 1.89 bits per heavy atom. The van der Waals surface area contributed by atoms with E-state index < -0.39 is 0 Å². The summed E-state index contributed by atoms with van der Waals surface area (Å²) in [6, 6.07) is 9.34. The molecule has 100 valence electrons. The van der Waals surface area contributed by atoms with Crippen molar-refractivity contribution >= 4 is 5.95 Å². The molecule has 1 aromatic carbocycles. The van der Waals surface area contributed by atoms with Crippen LogP contribution in [0.3, 0.4) is 0 Å². The highest BCUT2D eigenvalue weighted by molar-refractivity contribution is 5.30. The number of nitrogens with two attached hydrogens (primary N) is 1. The highest BCUT2D eigenvalue weighted by Gasteiger charge is 2.20. The Kier molecular flexibility index (Phi) is 3.43. The second-order valence-electron chi connectivity index (χ2n) is 4.42. The molecule has 2 heterocycles. The van der Waals surface area contributed by atoms with Gasteiger partial charge in [0, 0.05) is 13.1 Å². The topological polar surface area (TPSA) is 77.4 Å². The molecule has 1 saturated heterocycles. The maximum atomic E-state index is 6.12. The fourth-order valence-corrected chi connectivity index (χ4v) is 2.05. The lowest BCUT2D eigenvalue weighted by molar-refractivity contribution is 0.121. The van der Waals surface area contributed by atoms with Gasteiger partial charge in [0.1, 0.15) is 6.04 Å². The summed E-state index contributed by atoms with van der Waals surface area (Å²) in [6.45, 7) is 2.93. The summed E-state index contributed by atoms with van der Waals surface area (Å²) in [5.41, 5.74) is 7.08. The zero-order valence-electron chi connectivity index (χ0n) is 10.5. The lowest BCUT2D eigenvalue weighted by Crippen LogP contribution is -2.36. The summed E-state index contributed by atoms with van der Waals surface area (Å²) in [4.78, 5) is 6.41. The molecular formula is C13H16N4O2. The third-order valence-electron chi connectivity index (χ3n) is 3.15. The molecule has 19 heavy (non-hydrogen) atoms. The van der Waals surface area contributed by atoms with Crippen molar-refractivity contribution in [2.45, 2.75) is 6.04 Å². The first-order valence-corrected chi connectivity index (χ1v) is 6.31. The summed E-state index contributed by atoms with van der Waals surface area (Å²) in [6.07, 6.45) is 0. The number of ether oxygens (including phenoxy) is 1. The predicted molar refractivity (Wildman–Crippen MR) is 69.8 cm³/mol. The molecule has 1 fully saturated rings. The first kappa shape index (κ1) is 12.1. The SMILES string of the molecule is N[C@H](c1ccccc1)c1nc(N2CCOCC2)no1. The summed E-state index contributed by atoms with van der Waals surface area (Å²) in [5.74, 6) is 1.03. The van der Waals surface area contributed by atoms with E-state index in [9.17, 15) is 0 Å². The maximum Gasteiger partial charge on any atom is 0.266 e. The Balaban J connectivity index is 1.77. The first-order chi connectivity index (χ1) is 9.34. The van der Waals surface area contributed by atoms with Crippen LogP contribution in [-0.2, 0) is 4.74 Å². The average molecular weight is 260 g/mol. The zero-order valence-corrected chi connectivity index (χ0v) is 10.5. The van der Waals surface area contributed by atoms with E-state index in [-0.39, 0.29) is 6.04 Å². The highest BCUT2D eigenvalue weighted by atomic mass is 16.5. The summed E-state index contributed by atoms with van der Waals surface area (Å²) >= 11 is 0. The molecule has 6 heteroatoms. The first-order valence-electron chi connectivity index (χ1n) is 6.31. The van der Waals surface area contributed by atoms with E-state index in [2.05, 4.69) is 10.1 Å². The van der Waals surface area contributed by atoms with Crippen LogP contribution in [0, 0.1) is 0 Å². The van der Waals surface area contributed by atoms with Crippen molar-refractivity contribution in [3.8, 4) is 0 Å². The second kappa shape index (κ2) is 5.38. The van der Waals surface area contributed by atoms with Gasteiger partial charge in [0.25, 0.3) is 5.95 Å². The van der Waals surface area contributed by atoms with Crippen LogP contribution in [0.25, 0.3) is 0 Å². The van der Waals surface area contributed by atoms with Gasteiger partial charge in [0.15, 0.2) is 0 Å². The number of benzene rings is 1. The maximum absolute atomic E-state index is 6.12. The Morgan fingerprint density at radius 3 is 2.63 bits per heavy atom. The molecule has 1 aliphatic rings. The number of nitrogens with zero attached hydrogens (tertiary/aromatic N) is 3. The van der Waals surface area contributed by atoms with Crippen LogP contribution in [0.2, 0.25) is 0 Å². The third-order valence-corrected chi connectivity index (χ3v) is 3.15. The van der Waals surface area contributed by atoms with Gasteiger partial charge in [-0.1, -0.05) is 30.3 Å². The number of anilines is 1. The number of hydrogen-bond donors (Lipinski definition) is 1. The van der Waals surface area contributed by atoms with Gasteiger partial charge in [0.2, 0.25) is 5.89 Å². The Morgan fingerprint density at radius 1 is 1.16 bits per heavy atom. The minimum Gasteiger partial charge on any atom is -0.378 e. The molecular weight excluding hydrogens is 244 g/mol. The fraction of sp³-hybridized carbons (Fsp3) is 0.385. The largest absolute Gasteiger partial charge is 0.378 e. The van der Waals surface area contributed by atoms with E-state index in [0.717, 1.165) is 18.7 Å². The minimum absolute atomic E-state index is 0.386. The van der Waals surface area contributed by atoms with Crippen LogP contribution in [-0.4, -0.2) is 36.4 Å². The molecule has 0 radical (unpaired) electrons. The average Bonchev–Trinajstić information content (AvgIpc) is 2.98. The smallest absolute Gasteiger partial charge is 0.266 e. The van der Waals surface area contributed by atoms with Crippen molar-refractivity contribution < 1.29 is 9.26 Å². The number of morpholine rings is 1. The van der Waals surface area contributed by atoms with Crippen molar-refractivity contribution in [3.63, 3.8) is 0 Å². The molecule has 0 bridgehead atoms. The Labute approximate surface area is 111 Å². The molecule has 0 amide bonds. The highest BCUT2D eigenvalue weighted by Crippen LogP contribution is 2.20. The zero-order chi connectivity index (χ0) is 13.1. The monoisotopic (exact) mass is 260 g/mol. The van der Waals surface area contributed by atoms with Gasteiger partial charge in [-0.25, -0.2) is 0 Å². The van der Waals surface area contributed by atoms with Gasteiger partial charge >= 0.3 is 0 Å². The second-order valence-corrected chi connectivity index (χ2v) is 4.42. The number of hydrogen-bond acceptors (Lipinski definition) is 6. The fourth-order valence-electron chi connectivity index (χ4n) is 2.05. The van der Waals surface area contributed by atoms with Gasteiger partial charge in [-0.3, -0.25) is 0 Å². The van der Waals surface area contributed by atoms with E-state index in [0.29, 0.717) is 25.1 Å². The normalized spacial score (nSPS) is 17.4. The van der Waals surface area contributed by atoms with Crippen molar-refractivity contribution in [1.82, 2.24) is 10.1 Å². The van der Waals surface area contributed by atoms with Crippen molar-refractivity contribution in [2.24, 2.45) is 5.73 Å². The summed E-state index contributed by atoms with van der Waals surface area (Å²) in [7, 11) is 0. The van der Waals surface area contributed by atoms with Crippen molar-refractivity contribution in [1.29, 1.82) is 0 Å². The molecule has 3 rings (SSSR count). The molecule has 1 aliphatic heterocycles. The van der Waals surface area contributed by atoms with Gasteiger partial charge in [-0.15, -0.1) is 0 Å². The quantitative estimate of drug-likeness (QED) is 0.885. The lowest BCUT2D eigenvalue weighted by atomic mass is 10.1. The molecule has 2 aromatic rings. The molecule has 1 atom stereocenters. The van der Waals surface area contributed by atoms with E-state index in [1.165, 1.54) is 0 Å². The van der Waals surface area contributed by atoms with Gasteiger partial charge in [-0.2, -0.15) is 4.98 Å². The van der Waals surface area contributed by atoms with E-state index in [1.807, 2.05) is 35.2 Å².